The lowest BCUT2D eigenvalue weighted by Crippen LogP contribution is -2.41. The highest BCUT2D eigenvalue weighted by Gasteiger charge is 2.34. The summed E-state index contributed by atoms with van der Waals surface area (Å²) < 4.78 is 34.3. The molecule has 0 spiro atoms. The van der Waals surface area contributed by atoms with Crippen LogP contribution in [0.5, 0.6) is 5.75 Å². The van der Waals surface area contributed by atoms with Crippen LogP contribution in [-0.2, 0) is 0 Å². The maximum Gasteiger partial charge on any atom is 0.326 e. The van der Waals surface area contributed by atoms with Gasteiger partial charge < -0.3 is 10.5 Å². The zero-order valence-corrected chi connectivity index (χ0v) is 17.6. The minimum absolute atomic E-state index is 0.0620. The van der Waals surface area contributed by atoms with Crippen molar-refractivity contribution in [3.63, 3.8) is 0 Å². The molecular formula is C24H19ClF2N2O3. The fourth-order valence-electron chi connectivity index (χ4n) is 3.47. The number of anilines is 1. The van der Waals surface area contributed by atoms with Gasteiger partial charge in [-0.2, -0.15) is 0 Å². The number of amides is 3. The number of halogens is 3. The second kappa shape index (κ2) is 8.96. The summed E-state index contributed by atoms with van der Waals surface area (Å²) in [6.45, 7) is 0. The molecule has 0 bridgehead atoms. The van der Waals surface area contributed by atoms with Gasteiger partial charge in [-0.05, 0) is 66.9 Å². The molecule has 3 aromatic rings. The van der Waals surface area contributed by atoms with E-state index in [4.69, 9.17) is 22.1 Å². The van der Waals surface area contributed by atoms with Gasteiger partial charge in [0.15, 0.2) is 0 Å². The number of nitrogens with two attached hydrogens (primary N) is 1. The van der Waals surface area contributed by atoms with Crippen molar-refractivity contribution in [2.75, 3.05) is 4.90 Å². The summed E-state index contributed by atoms with van der Waals surface area (Å²) in [6, 6.07) is 15.3. The van der Waals surface area contributed by atoms with E-state index in [1.165, 1.54) is 12.1 Å². The smallest absolute Gasteiger partial charge is 0.326 e. The van der Waals surface area contributed by atoms with Crippen molar-refractivity contribution in [1.29, 1.82) is 0 Å². The van der Waals surface area contributed by atoms with Crippen LogP contribution in [0.15, 0.2) is 66.7 Å². The van der Waals surface area contributed by atoms with Crippen LogP contribution in [0.2, 0.25) is 5.02 Å². The third-order valence-electron chi connectivity index (χ3n) is 5.21. The highest BCUT2D eigenvalue weighted by molar-refractivity contribution is 6.30. The van der Waals surface area contributed by atoms with Gasteiger partial charge in [0.2, 0.25) is 0 Å². The molecule has 0 saturated heterocycles. The average Bonchev–Trinajstić information content (AvgIpc) is 3.59. The number of benzene rings is 3. The van der Waals surface area contributed by atoms with Gasteiger partial charge >= 0.3 is 6.03 Å². The van der Waals surface area contributed by atoms with Gasteiger partial charge in [0, 0.05) is 10.9 Å². The third-order valence-corrected chi connectivity index (χ3v) is 5.46. The van der Waals surface area contributed by atoms with Crippen LogP contribution in [0.4, 0.5) is 19.3 Å². The number of rotatable bonds is 6. The quantitative estimate of drug-likeness (QED) is 0.504. The highest BCUT2D eigenvalue weighted by atomic mass is 35.5. The van der Waals surface area contributed by atoms with Crippen LogP contribution in [-0.4, -0.2) is 11.9 Å². The number of hydrogen-bond acceptors (Lipinski definition) is 3. The Hall–Kier alpha value is -3.45. The summed E-state index contributed by atoms with van der Waals surface area (Å²) in [5.41, 5.74) is 5.54. The summed E-state index contributed by atoms with van der Waals surface area (Å²) >= 11 is 5.98. The van der Waals surface area contributed by atoms with E-state index in [2.05, 4.69) is 0 Å². The van der Waals surface area contributed by atoms with Gasteiger partial charge in [-0.3, -0.25) is 4.79 Å². The normalized spacial score (nSPS) is 14.0. The Labute approximate surface area is 188 Å². The molecule has 1 unspecified atom stereocenters. The maximum absolute atomic E-state index is 14.0. The molecule has 1 aliphatic carbocycles. The average molecular weight is 457 g/mol. The van der Waals surface area contributed by atoms with Crippen molar-refractivity contribution in [2.45, 2.75) is 18.9 Å². The fourth-order valence-corrected chi connectivity index (χ4v) is 3.59. The number of imide groups is 1. The summed E-state index contributed by atoms with van der Waals surface area (Å²) in [5.74, 6) is -2.48. The predicted octanol–water partition coefficient (Wildman–Crippen LogP) is 5.87. The molecule has 0 heterocycles. The standard InChI is InChI=1S/C24H19ClF2N2O3/c25-16-8-6-15(7-9-16)22(14-4-5-14)32-18-12-10-17(11-13-18)29(24(28)31)23(30)21-19(26)2-1-3-20(21)27/h1-3,6-14,22H,4-5H2,(H2,28,31). The molecule has 32 heavy (non-hydrogen) atoms. The number of primary amides is 1. The third kappa shape index (κ3) is 4.57. The van der Waals surface area contributed by atoms with Gasteiger partial charge in [0.1, 0.15) is 29.1 Å². The zero-order valence-electron chi connectivity index (χ0n) is 16.8. The van der Waals surface area contributed by atoms with Crippen LogP contribution in [0.3, 0.4) is 0 Å². The number of carbonyl (C=O) groups excluding carboxylic acids is 2. The molecule has 4 rings (SSSR count). The Morgan fingerprint density at radius 3 is 2.09 bits per heavy atom. The molecular weight excluding hydrogens is 438 g/mol. The van der Waals surface area contributed by atoms with Crippen LogP contribution in [0.25, 0.3) is 0 Å². The van der Waals surface area contributed by atoms with E-state index in [0.29, 0.717) is 21.6 Å². The fraction of sp³-hybridized carbons (Fsp3) is 0.167. The van der Waals surface area contributed by atoms with Crippen LogP contribution < -0.4 is 15.4 Å². The first kappa shape index (κ1) is 21.8. The Bertz CT molecular complexity index is 1130. The Balaban J connectivity index is 1.58. The maximum atomic E-state index is 14.0. The second-order valence-corrected chi connectivity index (χ2v) is 7.93. The van der Waals surface area contributed by atoms with E-state index >= 15 is 0 Å². The molecule has 2 N–H and O–H groups in total. The molecule has 8 heteroatoms. The van der Waals surface area contributed by atoms with E-state index in [0.717, 1.165) is 36.6 Å². The van der Waals surface area contributed by atoms with E-state index in [9.17, 15) is 18.4 Å². The van der Waals surface area contributed by atoms with E-state index in [1.54, 1.807) is 24.3 Å². The van der Waals surface area contributed by atoms with Gasteiger partial charge in [-0.25, -0.2) is 18.5 Å². The number of nitrogens with zero attached hydrogens (tertiary/aromatic N) is 1. The van der Waals surface area contributed by atoms with Crippen molar-refractivity contribution in [1.82, 2.24) is 0 Å². The summed E-state index contributed by atoms with van der Waals surface area (Å²) in [6.07, 6.45) is 1.92. The van der Waals surface area contributed by atoms with E-state index in [-0.39, 0.29) is 11.8 Å². The number of hydrogen-bond donors (Lipinski definition) is 1. The topological polar surface area (TPSA) is 72.6 Å². The van der Waals surface area contributed by atoms with Gasteiger partial charge in [0.05, 0.1) is 5.69 Å². The lowest BCUT2D eigenvalue weighted by molar-refractivity contribution is 0.0987. The molecule has 0 aromatic heterocycles. The summed E-state index contributed by atoms with van der Waals surface area (Å²) in [7, 11) is 0. The van der Waals surface area contributed by atoms with E-state index < -0.39 is 29.1 Å². The van der Waals surface area contributed by atoms with Crippen molar-refractivity contribution in [3.8, 4) is 5.75 Å². The molecule has 0 radical (unpaired) electrons. The lowest BCUT2D eigenvalue weighted by atomic mass is 10.1. The van der Waals surface area contributed by atoms with Crippen molar-refractivity contribution >= 4 is 29.2 Å². The molecule has 1 saturated carbocycles. The number of carbonyl (C=O) groups is 2. The van der Waals surface area contributed by atoms with Gasteiger partial charge in [-0.1, -0.05) is 29.8 Å². The zero-order chi connectivity index (χ0) is 22.8. The lowest BCUT2D eigenvalue weighted by Gasteiger charge is -2.22. The van der Waals surface area contributed by atoms with Crippen LogP contribution >= 0.6 is 11.6 Å². The molecule has 3 amide bonds. The molecule has 0 aliphatic heterocycles. The van der Waals surface area contributed by atoms with E-state index in [1.807, 2.05) is 12.1 Å². The molecule has 1 aliphatic rings. The van der Waals surface area contributed by atoms with Gasteiger partial charge in [0.25, 0.3) is 5.91 Å². The predicted molar refractivity (Wildman–Crippen MR) is 117 cm³/mol. The first-order valence-corrected chi connectivity index (χ1v) is 10.3. The van der Waals surface area contributed by atoms with Crippen LogP contribution in [0, 0.1) is 17.6 Å². The molecule has 1 fully saturated rings. The molecule has 3 aromatic carbocycles. The van der Waals surface area contributed by atoms with Crippen molar-refractivity contribution in [2.24, 2.45) is 11.7 Å². The second-order valence-electron chi connectivity index (χ2n) is 7.50. The van der Waals surface area contributed by atoms with Gasteiger partial charge in [-0.15, -0.1) is 0 Å². The van der Waals surface area contributed by atoms with Crippen molar-refractivity contribution < 1.29 is 23.1 Å². The molecule has 5 nitrogen and oxygen atoms in total. The molecule has 1 atom stereocenters. The Morgan fingerprint density at radius 1 is 0.969 bits per heavy atom. The van der Waals surface area contributed by atoms with Crippen LogP contribution in [0.1, 0.15) is 34.9 Å². The Kier molecular flexibility index (Phi) is 6.10. The first-order valence-electron chi connectivity index (χ1n) is 9.95. The highest BCUT2D eigenvalue weighted by Crippen LogP contribution is 2.44. The largest absolute Gasteiger partial charge is 0.485 e. The SMILES string of the molecule is NC(=O)N(C(=O)c1c(F)cccc1F)c1ccc(OC(c2ccc(Cl)cc2)C2CC2)cc1. The Morgan fingerprint density at radius 2 is 1.56 bits per heavy atom. The monoisotopic (exact) mass is 456 g/mol. The van der Waals surface area contributed by atoms with Crippen molar-refractivity contribution in [3.05, 3.63) is 94.5 Å². The first-order chi connectivity index (χ1) is 15.3. The minimum atomic E-state index is -1.20. The summed E-state index contributed by atoms with van der Waals surface area (Å²) in [5, 5.41) is 0.634. The minimum Gasteiger partial charge on any atom is -0.485 e. The molecule has 164 valence electrons. The number of ether oxygens (including phenoxy) is 1. The number of urea groups is 1. The summed E-state index contributed by atoms with van der Waals surface area (Å²) in [4.78, 5) is 25.2.